The van der Waals surface area contributed by atoms with Crippen molar-refractivity contribution in [1.29, 1.82) is 0 Å². The average Bonchev–Trinajstić information content (AvgIpc) is 3.16. The maximum absolute atomic E-state index is 14.1. The average molecular weight is 503 g/mol. The van der Waals surface area contributed by atoms with Gasteiger partial charge in [-0.15, -0.1) is 0 Å². The summed E-state index contributed by atoms with van der Waals surface area (Å²) in [4.78, 5) is 50.3. The zero-order valence-corrected chi connectivity index (χ0v) is 19.8. The van der Waals surface area contributed by atoms with Gasteiger partial charge in [0.1, 0.15) is 12.4 Å². The minimum atomic E-state index is -0.837. The molecule has 0 saturated carbocycles. The first-order valence-electron chi connectivity index (χ1n) is 10.6. The molecule has 184 valence electrons. The number of primary amides is 2. The molecule has 0 saturated heterocycles. The molecule has 0 bridgehead atoms. The molecule has 5 N–H and O–H groups in total. The van der Waals surface area contributed by atoms with Crippen LogP contribution in [-0.2, 0) is 22.7 Å². The van der Waals surface area contributed by atoms with Gasteiger partial charge in [0.2, 0.25) is 17.7 Å². The van der Waals surface area contributed by atoms with E-state index in [4.69, 9.17) is 23.1 Å². The third-order valence-corrected chi connectivity index (χ3v) is 5.61. The predicted molar refractivity (Wildman–Crippen MR) is 127 cm³/mol. The Morgan fingerprint density at radius 2 is 1.86 bits per heavy atom. The van der Waals surface area contributed by atoms with Crippen LogP contribution >= 0.6 is 11.6 Å². The molecule has 0 atom stereocenters. The number of aromatic nitrogens is 2. The van der Waals surface area contributed by atoms with E-state index in [9.17, 15) is 23.6 Å². The lowest BCUT2D eigenvalue weighted by molar-refractivity contribution is -0.138. The summed E-state index contributed by atoms with van der Waals surface area (Å²) in [6.45, 7) is 2.79. The second-order valence-electron chi connectivity index (χ2n) is 8.07. The Kier molecular flexibility index (Phi) is 7.70. The molecule has 1 aromatic heterocycles. The number of halogens is 2. The first kappa shape index (κ1) is 25.6. The Hall–Kier alpha value is -3.99. The molecule has 35 heavy (non-hydrogen) atoms. The SMILES string of the molecule is CC(C)N(CC(=O)NCc1cccc(Cl)c1F)C(=O)Cn1nc(C(N)=O)c2cc(C(N)=O)ccc21. The van der Waals surface area contributed by atoms with Crippen molar-refractivity contribution in [1.82, 2.24) is 20.0 Å². The number of rotatable bonds is 9. The van der Waals surface area contributed by atoms with Crippen LogP contribution in [0.25, 0.3) is 10.9 Å². The third kappa shape index (κ3) is 5.75. The minimum absolute atomic E-state index is 0.0551. The number of nitrogens with two attached hydrogens (primary N) is 2. The molecule has 0 aliphatic carbocycles. The summed E-state index contributed by atoms with van der Waals surface area (Å²) in [5.41, 5.74) is 11.4. The maximum atomic E-state index is 14.1. The number of carbonyl (C=O) groups is 4. The second-order valence-corrected chi connectivity index (χ2v) is 8.48. The number of nitrogens with one attached hydrogen (secondary N) is 1. The van der Waals surface area contributed by atoms with Crippen molar-refractivity contribution in [3.63, 3.8) is 0 Å². The molecule has 3 rings (SSSR count). The van der Waals surface area contributed by atoms with Crippen LogP contribution in [-0.4, -0.2) is 50.9 Å². The highest BCUT2D eigenvalue weighted by Crippen LogP contribution is 2.21. The van der Waals surface area contributed by atoms with Gasteiger partial charge in [-0.25, -0.2) is 4.39 Å². The van der Waals surface area contributed by atoms with Crippen molar-refractivity contribution in [2.24, 2.45) is 11.5 Å². The topological polar surface area (TPSA) is 153 Å². The summed E-state index contributed by atoms with van der Waals surface area (Å²) in [7, 11) is 0. The number of amides is 4. The molecule has 10 nitrogen and oxygen atoms in total. The molecule has 0 aliphatic heterocycles. The van der Waals surface area contributed by atoms with Crippen molar-refractivity contribution in [2.45, 2.75) is 33.0 Å². The van der Waals surface area contributed by atoms with Gasteiger partial charge in [-0.3, -0.25) is 23.9 Å². The van der Waals surface area contributed by atoms with Gasteiger partial charge in [0.25, 0.3) is 5.91 Å². The van der Waals surface area contributed by atoms with Crippen LogP contribution in [0.3, 0.4) is 0 Å². The molecule has 1 heterocycles. The van der Waals surface area contributed by atoms with Crippen molar-refractivity contribution in [2.75, 3.05) is 6.54 Å². The van der Waals surface area contributed by atoms with Crippen LogP contribution in [0.1, 0.15) is 40.3 Å². The Bertz CT molecular complexity index is 1320. The van der Waals surface area contributed by atoms with Gasteiger partial charge >= 0.3 is 0 Å². The summed E-state index contributed by atoms with van der Waals surface area (Å²) >= 11 is 5.76. The first-order chi connectivity index (χ1) is 16.5. The second kappa shape index (κ2) is 10.5. The van der Waals surface area contributed by atoms with E-state index < -0.39 is 29.4 Å². The number of hydrogen-bond donors (Lipinski definition) is 3. The summed E-state index contributed by atoms with van der Waals surface area (Å²) in [5, 5.41) is 6.93. The van der Waals surface area contributed by atoms with E-state index in [1.165, 1.54) is 39.9 Å². The molecule has 0 spiro atoms. The van der Waals surface area contributed by atoms with Gasteiger partial charge < -0.3 is 21.7 Å². The van der Waals surface area contributed by atoms with Crippen LogP contribution < -0.4 is 16.8 Å². The van der Waals surface area contributed by atoms with Crippen molar-refractivity contribution >= 4 is 46.1 Å². The molecule has 0 fully saturated rings. The lowest BCUT2D eigenvalue weighted by Gasteiger charge is -2.26. The summed E-state index contributed by atoms with van der Waals surface area (Å²) in [6.07, 6.45) is 0. The van der Waals surface area contributed by atoms with Gasteiger partial charge in [0.15, 0.2) is 5.69 Å². The number of hydrogen-bond acceptors (Lipinski definition) is 5. The highest BCUT2D eigenvalue weighted by Gasteiger charge is 2.24. The Labute approximate surface area is 205 Å². The molecule has 0 radical (unpaired) electrons. The normalized spacial score (nSPS) is 11.0. The van der Waals surface area contributed by atoms with E-state index in [1.54, 1.807) is 19.9 Å². The lowest BCUT2D eigenvalue weighted by Crippen LogP contribution is -2.45. The van der Waals surface area contributed by atoms with Gasteiger partial charge in [0.05, 0.1) is 17.1 Å². The number of fused-ring (bicyclic) bond motifs is 1. The Balaban J connectivity index is 1.77. The third-order valence-electron chi connectivity index (χ3n) is 5.32. The fraction of sp³-hybridized carbons (Fsp3) is 0.261. The highest BCUT2D eigenvalue weighted by molar-refractivity contribution is 6.30. The van der Waals surface area contributed by atoms with E-state index in [2.05, 4.69) is 10.4 Å². The zero-order valence-electron chi connectivity index (χ0n) is 19.0. The molecule has 4 amide bonds. The van der Waals surface area contributed by atoms with E-state index >= 15 is 0 Å². The van der Waals surface area contributed by atoms with Crippen LogP contribution in [0.2, 0.25) is 5.02 Å². The van der Waals surface area contributed by atoms with Crippen molar-refractivity contribution in [3.05, 3.63) is 64.1 Å². The highest BCUT2D eigenvalue weighted by atomic mass is 35.5. The standard InChI is InChI=1S/C23H24ClFN6O4/c1-12(2)30(10-18(32)28-9-14-4-3-5-16(24)20(14)25)19(33)11-31-17-7-6-13(22(26)34)8-15(17)21(29-31)23(27)35/h3-8,12H,9-11H2,1-2H3,(H2,26,34)(H2,27,35)(H,28,32). The summed E-state index contributed by atoms with van der Waals surface area (Å²) in [5.74, 6) is -3.11. The van der Waals surface area contributed by atoms with Crippen LogP contribution in [0, 0.1) is 5.82 Å². The fourth-order valence-corrected chi connectivity index (χ4v) is 3.70. The van der Waals surface area contributed by atoms with E-state index in [-0.39, 0.29) is 52.9 Å². The predicted octanol–water partition coefficient (Wildman–Crippen LogP) is 1.58. The number of benzene rings is 2. The lowest BCUT2D eigenvalue weighted by atomic mass is 10.1. The molecule has 12 heteroatoms. The summed E-state index contributed by atoms with van der Waals surface area (Å²) in [6, 6.07) is 8.45. The fourth-order valence-electron chi connectivity index (χ4n) is 3.50. The quantitative estimate of drug-likeness (QED) is 0.405. The maximum Gasteiger partial charge on any atom is 0.269 e. The van der Waals surface area contributed by atoms with Crippen LogP contribution in [0.5, 0.6) is 0 Å². The molecule has 2 aromatic carbocycles. The molecular formula is C23H24ClFN6O4. The molecule has 0 unspecified atom stereocenters. The smallest absolute Gasteiger partial charge is 0.269 e. The monoisotopic (exact) mass is 502 g/mol. The number of nitrogens with zero attached hydrogens (tertiary/aromatic N) is 3. The van der Waals surface area contributed by atoms with E-state index in [0.717, 1.165) is 0 Å². The van der Waals surface area contributed by atoms with E-state index in [0.29, 0.717) is 5.52 Å². The number of carbonyl (C=O) groups excluding carboxylic acids is 4. The Morgan fingerprint density at radius 1 is 1.14 bits per heavy atom. The summed E-state index contributed by atoms with van der Waals surface area (Å²) < 4.78 is 15.3. The van der Waals surface area contributed by atoms with Gasteiger partial charge in [-0.1, -0.05) is 23.7 Å². The van der Waals surface area contributed by atoms with Crippen LogP contribution in [0.4, 0.5) is 4.39 Å². The molecule has 3 aromatic rings. The minimum Gasteiger partial charge on any atom is -0.366 e. The van der Waals surface area contributed by atoms with Crippen LogP contribution in [0.15, 0.2) is 36.4 Å². The molecular weight excluding hydrogens is 479 g/mol. The van der Waals surface area contributed by atoms with Crippen molar-refractivity contribution < 1.29 is 23.6 Å². The largest absolute Gasteiger partial charge is 0.366 e. The molecule has 0 aliphatic rings. The van der Waals surface area contributed by atoms with Gasteiger partial charge in [-0.2, -0.15) is 5.10 Å². The van der Waals surface area contributed by atoms with E-state index in [1.807, 2.05) is 0 Å². The van der Waals surface area contributed by atoms with Gasteiger partial charge in [0, 0.05) is 29.1 Å². The van der Waals surface area contributed by atoms with Crippen molar-refractivity contribution in [3.8, 4) is 0 Å². The Morgan fingerprint density at radius 3 is 2.49 bits per heavy atom. The first-order valence-corrected chi connectivity index (χ1v) is 11.0. The zero-order chi connectivity index (χ0) is 25.9. The van der Waals surface area contributed by atoms with Gasteiger partial charge in [-0.05, 0) is 38.1 Å².